The molecular weight excluding hydrogens is 474 g/mol. The van der Waals surface area contributed by atoms with Crippen molar-refractivity contribution in [3.63, 3.8) is 0 Å². The van der Waals surface area contributed by atoms with Crippen molar-refractivity contribution in [2.45, 2.75) is 6.42 Å². The number of hydrogen-bond acceptors (Lipinski definition) is 4. The maximum atomic E-state index is 12.1. The summed E-state index contributed by atoms with van der Waals surface area (Å²) in [5.41, 5.74) is 7.23. The Bertz CT molecular complexity index is 759. The number of nitrogens with one attached hydrogen (secondary N) is 2. The molecule has 2 amide bonds. The normalized spacial score (nSPS) is 9.85. The van der Waals surface area contributed by atoms with Crippen LogP contribution in [0, 0.1) is 0 Å². The van der Waals surface area contributed by atoms with Gasteiger partial charge in [0.1, 0.15) is 0 Å². The second-order valence-corrected chi connectivity index (χ2v) is 7.33. The van der Waals surface area contributed by atoms with E-state index in [1.54, 1.807) is 24.1 Å². The van der Waals surface area contributed by atoms with E-state index in [2.05, 4.69) is 42.0 Å². The summed E-state index contributed by atoms with van der Waals surface area (Å²) in [5.74, 6) is -0.818. The zero-order chi connectivity index (χ0) is 19.8. The molecule has 0 atom stereocenters. The molecule has 0 heterocycles. The van der Waals surface area contributed by atoms with E-state index < -0.39 is 11.8 Å². The maximum absolute atomic E-state index is 12.1. The molecule has 0 aliphatic rings. The van der Waals surface area contributed by atoms with Gasteiger partial charge in [-0.15, -0.1) is 0 Å². The molecule has 2 rings (SSSR count). The molecule has 0 bridgehead atoms. The Morgan fingerprint density at radius 2 is 1.07 bits per heavy atom. The Morgan fingerprint density at radius 3 is 1.41 bits per heavy atom. The van der Waals surface area contributed by atoms with Crippen LogP contribution in [0.3, 0.4) is 0 Å². The number of rotatable bonds is 8. The van der Waals surface area contributed by atoms with Crippen LogP contribution in [-0.4, -0.2) is 76.2 Å². The van der Waals surface area contributed by atoms with E-state index in [1.807, 2.05) is 60.7 Å². The molecular formula is C19H20N4O2Se2. The van der Waals surface area contributed by atoms with Crippen molar-refractivity contribution >= 4 is 52.0 Å². The number of benzene rings is 2. The Labute approximate surface area is 174 Å². The van der Waals surface area contributed by atoms with Crippen LogP contribution in [0.5, 0.6) is 0 Å². The SMILES string of the molecule is CN(NC(=O)CC(=O)NN(C)C(=[Se])c1ccccc1)C(=[Se])c1ccccc1. The summed E-state index contributed by atoms with van der Waals surface area (Å²) in [4.78, 5) is 24.3. The Morgan fingerprint density at radius 1 is 0.741 bits per heavy atom. The first kappa shape index (κ1) is 21.1. The summed E-state index contributed by atoms with van der Waals surface area (Å²) in [6, 6.07) is 19.2. The molecule has 0 aliphatic carbocycles. The van der Waals surface area contributed by atoms with E-state index in [4.69, 9.17) is 0 Å². The van der Waals surface area contributed by atoms with Gasteiger partial charge in [0, 0.05) is 0 Å². The molecule has 0 spiro atoms. The van der Waals surface area contributed by atoms with Crippen molar-refractivity contribution in [2.75, 3.05) is 14.1 Å². The summed E-state index contributed by atoms with van der Waals surface area (Å²) >= 11 is 5.86. The van der Waals surface area contributed by atoms with E-state index in [0.29, 0.717) is 0 Å². The zero-order valence-electron chi connectivity index (χ0n) is 15.0. The molecule has 0 radical (unpaired) electrons. The molecule has 0 saturated heterocycles. The van der Waals surface area contributed by atoms with Gasteiger partial charge in [-0.05, 0) is 0 Å². The van der Waals surface area contributed by atoms with Crippen molar-refractivity contribution in [3.8, 4) is 0 Å². The van der Waals surface area contributed by atoms with E-state index in [9.17, 15) is 9.59 Å². The number of carbonyl (C=O) groups is 2. The van der Waals surface area contributed by atoms with Crippen molar-refractivity contribution < 1.29 is 9.59 Å². The molecule has 2 N–H and O–H groups in total. The predicted molar refractivity (Wildman–Crippen MR) is 109 cm³/mol. The van der Waals surface area contributed by atoms with E-state index >= 15 is 0 Å². The first-order chi connectivity index (χ1) is 12.9. The van der Waals surface area contributed by atoms with Crippen LogP contribution in [0.4, 0.5) is 0 Å². The summed E-state index contributed by atoms with van der Waals surface area (Å²) in [6.45, 7) is 0. The van der Waals surface area contributed by atoms with Crippen molar-refractivity contribution in [1.29, 1.82) is 0 Å². The molecule has 2 aromatic rings. The van der Waals surface area contributed by atoms with Crippen LogP contribution in [-0.2, 0) is 9.59 Å². The van der Waals surface area contributed by atoms with Gasteiger partial charge in [-0.25, -0.2) is 0 Å². The first-order valence-electron chi connectivity index (χ1n) is 8.13. The van der Waals surface area contributed by atoms with E-state index in [1.165, 1.54) is 0 Å². The molecule has 0 unspecified atom stereocenters. The van der Waals surface area contributed by atoms with Gasteiger partial charge >= 0.3 is 175 Å². The average Bonchev–Trinajstić information content (AvgIpc) is 2.67. The van der Waals surface area contributed by atoms with E-state index in [-0.39, 0.29) is 6.42 Å². The third-order valence-corrected chi connectivity index (χ3v) is 5.69. The molecule has 0 aromatic heterocycles. The Hall–Kier alpha value is -2.24. The number of hydrogen-bond donors (Lipinski definition) is 2. The van der Waals surface area contributed by atoms with Gasteiger partial charge < -0.3 is 0 Å². The van der Waals surface area contributed by atoms with Crippen LogP contribution in [0.15, 0.2) is 60.7 Å². The Balaban J connectivity index is 1.83. The number of carbonyl (C=O) groups excluding carboxylic acids is 2. The van der Waals surface area contributed by atoms with Crippen molar-refractivity contribution in [3.05, 3.63) is 71.8 Å². The van der Waals surface area contributed by atoms with Gasteiger partial charge in [-0.2, -0.15) is 0 Å². The van der Waals surface area contributed by atoms with Crippen LogP contribution in [0.2, 0.25) is 0 Å². The molecule has 0 fully saturated rings. The fourth-order valence-corrected chi connectivity index (χ4v) is 3.01. The van der Waals surface area contributed by atoms with Crippen molar-refractivity contribution in [2.24, 2.45) is 0 Å². The van der Waals surface area contributed by atoms with Crippen LogP contribution in [0.1, 0.15) is 17.5 Å². The van der Waals surface area contributed by atoms with Crippen molar-refractivity contribution in [1.82, 2.24) is 20.9 Å². The Kier molecular flexibility index (Phi) is 7.95. The predicted octanol–water partition coefficient (Wildman–Crippen LogP) is -0.00410. The van der Waals surface area contributed by atoms with E-state index in [0.717, 1.165) is 20.2 Å². The number of nitrogens with zero attached hydrogens (tertiary/aromatic N) is 2. The molecule has 140 valence electrons. The van der Waals surface area contributed by atoms with Gasteiger partial charge in [0.25, 0.3) is 0 Å². The number of amides is 2. The van der Waals surface area contributed by atoms with Crippen LogP contribution in [0.25, 0.3) is 0 Å². The van der Waals surface area contributed by atoms with Crippen LogP contribution < -0.4 is 10.9 Å². The van der Waals surface area contributed by atoms with Gasteiger partial charge in [-0.3, -0.25) is 0 Å². The quantitative estimate of drug-likeness (QED) is 0.308. The fraction of sp³-hybridized carbons (Fsp3) is 0.158. The molecule has 0 aliphatic heterocycles. The standard InChI is InChI=1S/C19H20N4O2Se2/c1-22(18(26)14-9-5-3-6-10-14)20-16(24)13-17(25)21-23(2)19(27)15-11-7-4-8-12-15/h3-12H,13H2,1-2H3,(H,20,24)(H,21,25). The topological polar surface area (TPSA) is 64.7 Å². The summed E-state index contributed by atoms with van der Waals surface area (Å²) in [6.07, 6.45) is -0.293. The molecule has 2 aromatic carbocycles. The van der Waals surface area contributed by atoms with Crippen LogP contribution >= 0.6 is 0 Å². The zero-order valence-corrected chi connectivity index (χ0v) is 18.4. The summed E-state index contributed by atoms with van der Waals surface area (Å²) < 4.78 is 1.51. The second-order valence-electron chi connectivity index (χ2n) is 5.71. The molecule has 0 saturated carbocycles. The molecule has 6 nitrogen and oxygen atoms in total. The van der Waals surface area contributed by atoms with Gasteiger partial charge in [-0.1, -0.05) is 0 Å². The summed E-state index contributed by atoms with van der Waals surface area (Å²) in [5, 5.41) is 3.12. The monoisotopic (exact) mass is 496 g/mol. The summed E-state index contributed by atoms with van der Waals surface area (Å²) in [7, 11) is 3.42. The number of hydrazine groups is 2. The molecule has 8 heteroatoms. The van der Waals surface area contributed by atoms with Gasteiger partial charge in [0.05, 0.1) is 0 Å². The third kappa shape index (κ3) is 6.45. The average molecular weight is 494 g/mol. The van der Waals surface area contributed by atoms with Gasteiger partial charge in [0.2, 0.25) is 0 Å². The molecule has 27 heavy (non-hydrogen) atoms. The third-order valence-electron chi connectivity index (χ3n) is 3.56. The first-order valence-corrected chi connectivity index (χ1v) is 9.85. The minimum absolute atomic E-state index is 0.293. The second kappa shape index (κ2) is 10.2. The minimum atomic E-state index is -0.409. The fourth-order valence-electron chi connectivity index (χ4n) is 2.25. The van der Waals surface area contributed by atoms with Gasteiger partial charge in [0.15, 0.2) is 0 Å².